The summed E-state index contributed by atoms with van der Waals surface area (Å²) in [6.45, 7) is 1.36. The number of allylic oxidation sites excluding steroid dienone is 17. The molecule has 17 atom stereocenters. The Morgan fingerprint density at radius 2 is 0.885 bits per heavy atom. The minimum atomic E-state index is -1.98. The number of carbonyl (C=O) groups excluding carboxylic acids is 1. The molecule has 0 bridgehead atoms. The predicted octanol–water partition coefficient (Wildman–Crippen LogP) is 3.97. The number of aliphatic hydroxyl groups is 11. The van der Waals surface area contributed by atoms with Crippen molar-refractivity contribution in [1.29, 1.82) is 0 Å². The average Bonchev–Trinajstić information content (AvgIpc) is 3.48. The molecule has 1 amide bonds. The zero-order valence-corrected chi connectivity index (χ0v) is 45.8. The van der Waals surface area contributed by atoms with Gasteiger partial charge in [-0.3, -0.25) is 4.79 Å². The fraction of sp³-hybridized carbons (Fsp3) is 0.678. The second kappa shape index (κ2) is 41.4. The third-order valence-corrected chi connectivity index (χ3v) is 13.3. The lowest BCUT2D eigenvalue weighted by molar-refractivity contribution is -0.379. The van der Waals surface area contributed by atoms with Crippen LogP contribution in [0.3, 0.4) is 0 Å². The number of carbonyl (C=O) groups is 1. The lowest BCUT2D eigenvalue weighted by Gasteiger charge is -2.48. The smallest absolute Gasteiger partial charge is 0.220 e. The Morgan fingerprint density at radius 1 is 0.474 bits per heavy atom. The molecule has 0 saturated carbocycles. The van der Waals surface area contributed by atoms with Gasteiger partial charge in [0.1, 0.15) is 73.2 Å². The number of hydrogen-bond acceptors (Lipinski definition) is 18. The Morgan fingerprint density at radius 3 is 1.36 bits per heavy atom. The van der Waals surface area contributed by atoms with E-state index >= 15 is 0 Å². The number of amides is 1. The van der Waals surface area contributed by atoms with Crippen molar-refractivity contribution < 1.29 is 89.4 Å². The maximum absolute atomic E-state index is 13.1. The maximum atomic E-state index is 13.1. The third kappa shape index (κ3) is 25.5. The van der Waals surface area contributed by atoms with Gasteiger partial charge >= 0.3 is 0 Å². The topological polar surface area (TPSA) is 307 Å². The zero-order valence-electron chi connectivity index (χ0n) is 45.8. The van der Waals surface area contributed by atoms with E-state index in [1.54, 1.807) is 12.2 Å². The first-order chi connectivity index (χ1) is 37.8. The summed E-state index contributed by atoms with van der Waals surface area (Å²) in [7, 11) is 0. The van der Waals surface area contributed by atoms with Crippen LogP contribution in [0.1, 0.15) is 123 Å². The van der Waals surface area contributed by atoms with Gasteiger partial charge in [0, 0.05) is 6.42 Å². The van der Waals surface area contributed by atoms with Crippen molar-refractivity contribution in [3.8, 4) is 0 Å². The highest BCUT2D eigenvalue weighted by Crippen LogP contribution is 2.33. The summed E-state index contributed by atoms with van der Waals surface area (Å²) in [5.41, 5.74) is 0. The lowest BCUT2D eigenvalue weighted by atomic mass is 9.96. The second-order valence-corrected chi connectivity index (χ2v) is 19.7. The van der Waals surface area contributed by atoms with Gasteiger partial charge in [-0.05, 0) is 77.0 Å². The summed E-state index contributed by atoms with van der Waals surface area (Å²) in [4.78, 5) is 13.1. The fourth-order valence-corrected chi connectivity index (χ4v) is 8.66. The first-order valence-electron chi connectivity index (χ1n) is 28.1. The fourth-order valence-electron chi connectivity index (χ4n) is 8.66. The first-order valence-corrected chi connectivity index (χ1v) is 28.1. The number of ether oxygens (including phenoxy) is 6. The molecule has 0 aromatic carbocycles. The molecule has 12 N–H and O–H groups in total. The van der Waals surface area contributed by atoms with E-state index in [2.05, 4.69) is 109 Å². The molecule has 3 aliphatic heterocycles. The number of hydrogen-bond donors (Lipinski definition) is 12. The quantitative estimate of drug-likeness (QED) is 0.0307. The van der Waals surface area contributed by atoms with Crippen LogP contribution in [0.2, 0.25) is 0 Å². The van der Waals surface area contributed by atoms with E-state index in [1.165, 1.54) is 0 Å². The molecular formula is C59H95NO18. The molecule has 3 aliphatic rings. The van der Waals surface area contributed by atoms with Crippen LogP contribution in [-0.4, -0.2) is 193 Å². The van der Waals surface area contributed by atoms with Crippen LogP contribution in [0.5, 0.6) is 0 Å². The van der Waals surface area contributed by atoms with E-state index in [0.29, 0.717) is 12.8 Å². The van der Waals surface area contributed by atoms with Crippen LogP contribution in [0.15, 0.2) is 109 Å². The van der Waals surface area contributed by atoms with Crippen molar-refractivity contribution in [2.45, 2.75) is 227 Å². The monoisotopic (exact) mass is 1110 g/mol. The van der Waals surface area contributed by atoms with Gasteiger partial charge in [-0.15, -0.1) is 0 Å². The van der Waals surface area contributed by atoms with E-state index in [1.807, 2.05) is 6.92 Å². The van der Waals surface area contributed by atoms with E-state index < -0.39 is 124 Å². The molecule has 3 saturated heterocycles. The van der Waals surface area contributed by atoms with Crippen LogP contribution in [0.25, 0.3) is 0 Å². The molecule has 0 aromatic rings. The van der Waals surface area contributed by atoms with Crippen LogP contribution in [0, 0.1) is 0 Å². The lowest BCUT2D eigenvalue weighted by Crippen LogP contribution is -2.66. The second-order valence-electron chi connectivity index (χ2n) is 19.7. The Kier molecular flexibility index (Phi) is 36.5. The number of aliphatic hydroxyl groups excluding tert-OH is 11. The van der Waals surface area contributed by atoms with E-state index in [4.69, 9.17) is 28.4 Å². The molecule has 3 rings (SSSR count). The number of rotatable bonds is 38. The summed E-state index contributed by atoms with van der Waals surface area (Å²) >= 11 is 0. The summed E-state index contributed by atoms with van der Waals surface area (Å²) in [5.74, 6) is -0.317. The predicted molar refractivity (Wildman–Crippen MR) is 295 cm³/mol. The van der Waals surface area contributed by atoms with Gasteiger partial charge in [0.15, 0.2) is 18.9 Å². The Labute approximate surface area is 462 Å². The molecule has 0 aliphatic carbocycles. The minimum absolute atomic E-state index is 0.203. The molecule has 0 aromatic heterocycles. The molecule has 0 radical (unpaired) electrons. The Balaban J connectivity index is 1.38. The standard InChI is InChI=1S/C59H95NO18/c1-3-5-7-9-10-11-12-13-14-15-16-17-18-19-20-21-22-23-24-25-26-27-28-29-30-31-32-33-35-37-47(65)60-42(43(64)36-34-8-6-4-2)41-73-57-53(71)50(68)55(45(39-62)75-57)78-59-54(72)51(69)56(46(40-63)76-59)77-58-52(70)49(67)48(66)44(38-61)74-58/h5,7,10-11,13-14,16-17,19-20,22-23,25-26,28-29,34,36,42-46,48-59,61-64,66-72H,3-4,6,8-9,12,15,18,21,24,27,30-33,35,37-41H2,1-2H3,(H,60,65)/b7-5-,11-10-,14-13-,17-16-,20-19-,23-22-,26-25-,29-28-,36-34+. The highest BCUT2D eigenvalue weighted by Gasteiger charge is 2.53. The van der Waals surface area contributed by atoms with Crippen LogP contribution in [-0.2, 0) is 33.2 Å². The van der Waals surface area contributed by atoms with E-state index in [0.717, 1.165) is 89.9 Å². The molecule has 3 fully saturated rings. The summed E-state index contributed by atoms with van der Waals surface area (Å²) in [6, 6.07) is -0.990. The van der Waals surface area contributed by atoms with Crippen molar-refractivity contribution >= 4 is 5.91 Å². The van der Waals surface area contributed by atoms with Crippen molar-refractivity contribution in [2.75, 3.05) is 26.4 Å². The van der Waals surface area contributed by atoms with Crippen LogP contribution < -0.4 is 5.32 Å². The molecule has 17 unspecified atom stereocenters. The highest BCUT2D eigenvalue weighted by atomic mass is 16.8. The summed E-state index contributed by atoms with van der Waals surface area (Å²) in [5, 5.41) is 119. The SMILES string of the molecule is CC/C=C\C/C=C\C/C=C\C/C=C\C/C=C\C/C=C\C/C=C\C/C=C\CCCCCCC(=O)NC(COC1OC(CO)C(OC2OC(CO)C(OC3OC(CO)C(O)C(O)C3O)C(O)C2O)C(O)C1O)C(O)/C=C/CCCC. The van der Waals surface area contributed by atoms with Crippen molar-refractivity contribution in [1.82, 2.24) is 5.32 Å². The highest BCUT2D eigenvalue weighted by molar-refractivity contribution is 5.76. The number of unbranched alkanes of at least 4 members (excludes halogenated alkanes) is 6. The average molecular weight is 1110 g/mol. The summed E-state index contributed by atoms with van der Waals surface area (Å²) < 4.78 is 33.9. The molecule has 78 heavy (non-hydrogen) atoms. The van der Waals surface area contributed by atoms with Gasteiger partial charge in [0.05, 0.1) is 38.6 Å². The minimum Gasteiger partial charge on any atom is -0.394 e. The first kappa shape index (κ1) is 68.7. The third-order valence-electron chi connectivity index (χ3n) is 13.3. The van der Waals surface area contributed by atoms with Crippen molar-refractivity contribution in [2.24, 2.45) is 0 Å². The molecule has 19 nitrogen and oxygen atoms in total. The molecular weight excluding hydrogens is 1010 g/mol. The van der Waals surface area contributed by atoms with Crippen LogP contribution in [0.4, 0.5) is 0 Å². The normalized spacial score (nSPS) is 31.3. The van der Waals surface area contributed by atoms with Gasteiger partial charge in [0.25, 0.3) is 0 Å². The largest absolute Gasteiger partial charge is 0.394 e. The van der Waals surface area contributed by atoms with Gasteiger partial charge in [0.2, 0.25) is 5.91 Å². The molecule has 0 spiro atoms. The molecule has 3 heterocycles. The Hall–Kier alpha value is -3.55. The van der Waals surface area contributed by atoms with E-state index in [-0.39, 0.29) is 18.9 Å². The van der Waals surface area contributed by atoms with E-state index in [9.17, 15) is 61.0 Å². The van der Waals surface area contributed by atoms with Crippen LogP contribution >= 0.6 is 0 Å². The van der Waals surface area contributed by atoms with Crippen molar-refractivity contribution in [3.05, 3.63) is 109 Å². The maximum Gasteiger partial charge on any atom is 0.220 e. The molecule has 19 heteroatoms. The van der Waals surface area contributed by atoms with Gasteiger partial charge in [-0.1, -0.05) is 149 Å². The Bertz CT molecular complexity index is 1850. The number of nitrogens with one attached hydrogen (secondary N) is 1. The van der Waals surface area contributed by atoms with Gasteiger partial charge in [-0.2, -0.15) is 0 Å². The van der Waals surface area contributed by atoms with Crippen molar-refractivity contribution in [3.63, 3.8) is 0 Å². The zero-order chi connectivity index (χ0) is 56.9. The van der Waals surface area contributed by atoms with Gasteiger partial charge in [-0.25, -0.2) is 0 Å². The molecule has 444 valence electrons. The van der Waals surface area contributed by atoms with Gasteiger partial charge < -0.3 is 89.9 Å². The summed E-state index contributed by atoms with van der Waals surface area (Å²) in [6.07, 6.45) is 26.1.